The third kappa shape index (κ3) is 2.19. The minimum atomic E-state index is -4.33. The molecule has 2 aliphatic carbocycles. The Balaban J connectivity index is 1.60. The van der Waals surface area contributed by atoms with Crippen molar-refractivity contribution in [2.75, 3.05) is 0 Å². The summed E-state index contributed by atoms with van der Waals surface area (Å²) >= 11 is -4.33. The van der Waals surface area contributed by atoms with Gasteiger partial charge in [-0.25, -0.2) is 0 Å². The molecule has 4 fully saturated rings. The van der Waals surface area contributed by atoms with Crippen molar-refractivity contribution in [1.82, 2.24) is 0 Å². The van der Waals surface area contributed by atoms with Crippen molar-refractivity contribution in [3.63, 3.8) is 0 Å². The molecule has 5 heteroatoms. The molecule has 2 saturated heterocycles. The van der Waals surface area contributed by atoms with Gasteiger partial charge in [0.2, 0.25) is 0 Å². The zero-order chi connectivity index (χ0) is 15.4. The topological polar surface area (TPSA) is 36.9 Å². The van der Waals surface area contributed by atoms with Gasteiger partial charge in [-0.05, 0) is 0 Å². The summed E-state index contributed by atoms with van der Waals surface area (Å²) in [5.41, 5.74) is 0. The Labute approximate surface area is 139 Å². The van der Waals surface area contributed by atoms with Gasteiger partial charge < -0.3 is 0 Å². The zero-order valence-corrected chi connectivity index (χ0v) is 15.3. The molecule has 0 radical (unpaired) electrons. The summed E-state index contributed by atoms with van der Waals surface area (Å²) in [6, 6.07) is 10.3. The fraction of sp³-hybridized carbons (Fsp3) is 0.667. The first-order valence-corrected chi connectivity index (χ1v) is 13.1. The Morgan fingerprint density at radius 3 is 1.39 bits per heavy atom. The summed E-state index contributed by atoms with van der Waals surface area (Å²) in [4.78, 5) is 0. The van der Waals surface area contributed by atoms with Crippen molar-refractivity contribution in [3.05, 3.63) is 30.3 Å². The molecule has 4 nitrogen and oxygen atoms in total. The second kappa shape index (κ2) is 5.31. The van der Waals surface area contributed by atoms with Gasteiger partial charge >= 0.3 is 139 Å². The van der Waals surface area contributed by atoms with Crippen LogP contribution < -0.4 is 4.35 Å². The van der Waals surface area contributed by atoms with Crippen LogP contribution in [-0.4, -0.2) is 38.2 Å². The monoisotopic (exact) mass is 380 g/mol. The average Bonchev–Trinajstić information content (AvgIpc) is 3.11. The van der Waals surface area contributed by atoms with Crippen LogP contribution in [0, 0.1) is 0 Å². The molecule has 4 aliphatic rings. The number of hydrogen-bond acceptors (Lipinski definition) is 4. The van der Waals surface area contributed by atoms with Crippen LogP contribution in [-0.2, 0) is 14.9 Å². The predicted molar refractivity (Wildman–Crippen MR) is 88.3 cm³/mol. The third-order valence-electron chi connectivity index (χ3n) is 5.73. The Morgan fingerprint density at radius 2 is 1.00 bits per heavy atom. The normalized spacial score (nSPS) is 42.5. The van der Waals surface area contributed by atoms with E-state index >= 15 is 0 Å². The van der Waals surface area contributed by atoms with Gasteiger partial charge in [-0.3, -0.25) is 0 Å². The molecule has 0 bridgehead atoms. The van der Waals surface area contributed by atoms with Crippen LogP contribution in [0.4, 0.5) is 0 Å². The third-order valence-corrected chi connectivity index (χ3v) is 13.4. The SMILES string of the molecule is c1ccc([As]23(O[C@@H]4CCCC[C@H]4O2)O[C@@H]2CCCC[C@H]2O3)cc1. The van der Waals surface area contributed by atoms with E-state index in [9.17, 15) is 0 Å². The van der Waals surface area contributed by atoms with Gasteiger partial charge in [0.05, 0.1) is 0 Å². The maximum atomic E-state index is 6.69. The van der Waals surface area contributed by atoms with E-state index in [1.807, 2.05) is 18.2 Å². The number of fused-ring (bicyclic) bond motifs is 2. The van der Waals surface area contributed by atoms with Gasteiger partial charge in [-0.1, -0.05) is 0 Å². The Morgan fingerprint density at radius 1 is 0.609 bits per heavy atom. The van der Waals surface area contributed by atoms with E-state index in [2.05, 4.69) is 12.1 Å². The molecule has 0 N–H and O–H groups in total. The van der Waals surface area contributed by atoms with Crippen LogP contribution in [0.5, 0.6) is 0 Å². The van der Waals surface area contributed by atoms with E-state index < -0.39 is 13.8 Å². The van der Waals surface area contributed by atoms with E-state index in [0.29, 0.717) is 0 Å². The second-order valence-corrected chi connectivity index (χ2v) is 13.6. The Bertz CT molecular complexity index is 524. The van der Waals surface area contributed by atoms with Crippen molar-refractivity contribution in [3.8, 4) is 0 Å². The van der Waals surface area contributed by atoms with E-state index in [-0.39, 0.29) is 24.4 Å². The summed E-state index contributed by atoms with van der Waals surface area (Å²) in [6.45, 7) is 0. The first-order chi connectivity index (χ1) is 11.3. The van der Waals surface area contributed by atoms with Gasteiger partial charge in [0.15, 0.2) is 0 Å². The quantitative estimate of drug-likeness (QED) is 0.702. The summed E-state index contributed by atoms with van der Waals surface area (Å²) in [5, 5.41) is 0. The molecule has 0 unspecified atom stereocenters. The number of hydrogen-bond donors (Lipinski definition) is 0. The summed E-state index contributed by atoms with van der Waals surface area (Å²) in [6.07, 6.45) is 9.71. The van der Waals surface area contributed by atoms with Crippen LogP contribution in [0.25, 0.3) is 0 Å². The van der Waals surface area contributed by atoms with Crippen molar-refractivity contribution in [1.29, 1.82) is 0 Å². The molecule has 1 aromatic carbocycles. The fourth-order valence-electron chi connectivity index (χ4n) is 4.61. The molecule has 2 aliphatic heterocycles. The van der Waals surface area contributed by atoms with Crippen LogP contribution in [0.2, 0.25) is 0 Å². The van der Waals surface area contributed by atoms with Crippen molar-refractivity contribution < 1.29 is 14.9 Å². The van der Waals surface area contributed by atoms with Crippen LogP contribution in [0.1, 0.15) is 51.4 Å². The molecule has 4 atom stereocenters. The Kier molecular flexibility index (Phi) is 3.44. The molecule has 1 aromatic rings. The molecule has 2 saturated carbocycles. The van der Waals surface area contributed by atoms with E-state index in [4.69, 9.17) is 14.9 Å². The molecular weight excluding hydrogens is 355 g/mol. The number of benzene rings is 1. The molecule has 126 valence electrons. The van der Waals surface area contributed by atoms with Crippen LogP contribution >= 0.6 is 0 Å². The number of rotatable bonds is 1. The van der Waals surface area contributed by atoms with Crippen molar-refractivity contribution in [2.24, 2.45) is 0 Å². The first kappa shape index (κ1) is 14.9. The Hall–Kier alpha value is -0.382. The van der Waals surface area contributed by atoms with Gasteiger partial charge in [-0.15, -0.1) is 0 Å². The van der Waals surface area contributed by atoms with Gasteiger partial charge in [0.1, 0.15) is 0 Å². The maximum absolute atomic E-state index is 6.69. The van der Waals surface area contributed by atoms with Gasteiger partial charge in [0.25, 0.3) is 0 Å². The minimum absolute atomic E-state index is 0.148. The van der Waals surface area contributed by atoms with Crippen molar-refractivity contribution >= 4 is 18.2 Å². The van der Waals surface area contributed by atoms with Crippen LogP contribution in [0.3, 0.4) is 0 Å². The summed E-state index contributed by atoms with van der Waals surface area (Å²) in [5.74, 6) is 0. The van der Waals surface area contributed by atoms with Crippen molar-refractivity contribution in [2.45, 2.75) is 75.8 Å². The van der Waals surface area contributed by atoms with E-state index in [1.54, 1.807) is 0 Å². The average molecular weight is 380 g/mol. The summed E-state index contributed by atoms with van der Waals surface area (Å²) < 4.78 is 27.8. The van der Waals surface area contributed by atoms with E-state index in [0.717, 1.165) is 30.0 Å². The molecule has 2 heterocycles. The second-order valence-electron chi connectivity index (χ2n) is 7.29. The molecule has 23 heavy (non-hydrogen) atoms. The molecule has 0 aromatic heterocycles. The molecule has 0 amide bonds. The summed E-state index contributed by atoms with van der Waals surface area (Å²) in [7, 11) is 0. The predicted octanol–water partition coefficient (Wildman–Crippen LogP) is 3.00. The first-order valence-electron chi connectivity index (χ1n) is 9.11. The molecule has 5 rings (SSSR count). The fourth-order valence-corrected chi connectivity index (χ4v) is 13.6. The van der Waals surface area contributed by atoms with Crippen LogP contribution in [0.15, 0.2) is 30.3 Å². The zero-order valence-electron chi connectivity index (χ0n) is 13.4. The molecular formula is C18H25AsO4. The van der Waals surface area contributed by atoms with Gasteiger partial charge in [-0.2, -0.15) is 0 Å². The van der Waals surface area contributed by atoms with E-state index in [1.165, 1.54) is 25.7 Å². The standard InChI is InChI=1S/C18H25AsO4/c1-2-8-14(9-3-1)19(20-15-10-4-5-11-16(15)21-19)22-17-12-6-7-13-18(17)23-19/h1-3,8-9,15-18H,4-7,10-13H2/t15-,16-,17-,18-/m1/s1. The van der Waals surface area contributed by atoms with Gasteiger partial charge in [0, 0.05) is 0 Å². The molecule has 1 spiro atoms.